The molecule has 3 heteroatoms. The van der Waals surface area contributed by atoms with Crippen molar-refractivity contribution in [2.24, 2.45) is 0 Å². The Morgan fingerprint density at radius 1 is 1.00 bits per heavy atom. The van der Waals surface area contributed by atoms with Gasteiger partial charge in [0.15, 0.2) is 0 Å². The third kappa shape index (κ3) is 5.01. The molecule has 1 aromatic rings. The molecule has 0 aliphatic carbocycles. The van der Waals surface area contributed by atoms with Crippen LogP contribution in [0.25, 0.3) is 0 Å². The summed E-state index contributed by atoms with van der Waals surface area (Å²) < 4.78 is 5.88. The van der Waals surface area contributed by atoms with Crippen LogP contribution in [0.15, 0.2) is 24.3 Å². The molecule has 0 saturated carbocycles. The van der Waals surface area contributed by atoms with E-state index in [9.17, 15) is 0 Å². The molecule has 0 bridgehead atoms. The second-order valence-electron chi connectivity index (χ2n) is 6.00. The minimum atomic E-state index is 0.633. The molecule has 3 nitrogen and oxygen atoms in total. The monoisotopic (exact) mass is 290 g/mol. The summed E-state index contributed by atoms with van der Waals surface area (Å²) in [6.45, 7) is 14.5. The van der Waals surface area contributed by atoms with Gasteiger partial charge in [-0.25, -0.2) is 0 Å². The van der Waals surface area contributed by atoms with Crippen LogP contribution in [-0.2, 0) is 0 Å². The van der Waals surface area contributed by atoms with Crippen molar-refractivity contribution in [3.63, 3.8) is 0 Å². The van der Waals surface area contributed by atoms with Gasteiger partial charge in [-0.05, 0) is 36.6 Å². The topological polar surface area (TPSA) is 15.7 Å². The second kappa shape index (κ2) is 8.40. The Morgan fingerprint density at radius 2 is 1.62 bits per heavy atom. The number of piperazine rings is 1. The number of benzene rings is 1. The number of hydrogen-bond donors (Lipinski definition) is 0. The summed E-state index contributed by atoms with van der Waals surface area (Å²) in [5, 5.41) is 0. The Balaban J connectivity index is 1.69. The second-order valence-corrected chi connectivity index (χ2v) is 6.00. The molecule has 0 aromatic heterocycles. The zero-order valence-electron chi connectivity index (χ0n) is 13.8. The maximum atomic E-state index is 5.88. The summed E-state index contributed by atoms with van der Waals surface area (Å²) in [4.78, 5) is 5.00. The molecule has 0 radical (unpaired) electrons. The van der Waals surface area contributed by atoms with E-state index in [2.05, 4.69) is 54.8 Å². The van der Waals surface area contributed by atoms with Gasteiger partial charge in [0.1, 0.15) is 12.4 Å². The van der Waals surface area contributed by atoms with E-state index in [1.807, 2.05) is 0 Å². The van der Waals surface area contributed by atoms with E-state index in [0.717, 1.165) is 18.9 Å². The lowest BCUT2D eigenvalue weighted by Crippen LogP contribution is -2.47. The first-order valence-electron chi connectivity index (χ1n) is 8.40. The van der Waals surface area contributed by atoms with Crippen LogP contribution in [0, 0.1) is 0 Å². The van der Waals surface area contributed by atoms with Crippen LogP contribution in [0.3, 0.4) is 0 Å². The molecule has 0 spiro atoms. The largest absolute Gasteiger partial charge is 0.492 e. The highest BCUT2D eigenvalue weighted by atomic mass is 16.5. The molecular formula is C18H30N2O. The summed E-state index contributed by atoms with van der Waals surface area (Å²) in [6.07, 6.45) is 1.18. The van der Waals surface area contributed by atoms with Gasteiger partial charge < -0.3 is 9.64 Å². The first kappa shape index (κ1) is 16.3. The third-order valence-corrected chi connectivity index (χ3v) is 4.65. The lowest BCUT2D eigenvalue weighted by atomic mass is 9.99. The molecule has 0 N–H and O–H groups in total. The van der Waals surface area contributed by atoms with E-state index in [1.54, 1.807) is 0 Å². The molecule has 1 atom stereocenters. The van der Waals surface area contributed by atoms with Gasteiger partial charge in [0, 0.05) is 32.7 Å². The molecular weight excluding hydrogens is 260 g/mol. The van der Waals surface area contributed by atoms with E-state index in [4.69, 9.17) is 4.74 Å². The molecule has 2 rings (SSSR count). The van der Waals surface area contributed by atoms with Crippen LogP contribution >= 0.6 is 0 Å². The van der Waals surface area contributed by atoms with E-state index < -0.39 is 0 Å². The summed E-state index contributed by atoms with van der Waals surface area (Å²) in [5.74, 6) is 1.63. The first-order chi connectivity index (χ1) is 10.2. The van der Waals surface area contributed by atoms with Crippen LogP contribution < -0.4 is 4.74 Å². The van der Waals surface area contributed by atoms with Crippen molar-refractivity contribution in [1.29, 1.82) is 0 Å². The predicted molar refractivity (Wildman–Crippen MR) is 89.2 cm³/mol. The smallest absolute Gasteiger partial charge is 0.119 e. The molecule has 1 aliphatic rings. The van der Waals surface area contributed by atoms with Crippen molar-refractivity contribution >= 4 is 0 Å². The van der Waals surface area contributed by atoms with Crippen molar-refractivity contribution in [2.45, 2.75) is 33.1 Å². The average molecular weight is 290 g/mol. The minimum absolute atomic E-state index is 0.633. The van der Waals surface area contributed by atoms with Crippen molar-refractivity contribution in [3.05, 3.63) is 29.8 Å². The third-order valence-electron chi connectivity index (χ3n) is 4.65. The lowest BCUT2D eigenvalue weighted by molar-refractivity contribution is 0.121. The number of likely N-dealkylation sites (N-methyl/N-ethyl adjacent to an activating group) is 1. The number of hydrogen-bond acceptors (Lipinski definition) is 3. The van der Waals surface area contributed by atoms with Gasteiger partial charge in [-0.1, -0.05) is 32.9 Å². The van der Waals surface area contributed by atoms with Crippen LogP contribution in [0.2, 0.25) is 0 Å². The SMILES string of the molecule is CCC(C)c1ccc(OCCN2CCN(CC)CC2)cc1. The standard InChI is InChI=1S/C18H30N2O/c1-4-16(3)17-6-8-18(9-7-17)21-15-14-20-12-10-19(5-2)11-13-20/h6-9,16H,4-5,10-15H2,1-3H3. The van der Waals surface area contributed by atoms with Gasteiger partial charge in [-0.3, -0.25) is 4.90 Å². The van der Waals surface area contributed by atoms with Crippen LogP contribution in [-0.4, -0.2) is 55.7 Å². The van der Waals surface area contributed by atoms with Crippen LogP contribution in [0.1, 0.15) is 38.7 Å². The fraction of sp³-hybridized carbons (Fsp3) is 0.667. The Labute approximate surface area is 129 Å². The Kier molecular flexibility index (Phi) is 6.52. The summed E-state index contributed by atoms with van der Waals surface area (Å²) in [5.41, 5.74) is 1.40. The van der Waals surface area contributed by atoms with E-state index in [0.29, 0.717) is 5.92 Å². The molecule has 0 amide bonds. The first-order valence-corrected chi connectivity index (χ1v) is 8.40. The zero-order chi connectivity index (χ0) is 15.1. The number of ether oxygens (including phenoxy) is 1. The van der Waals surface area contributed by atoms with Gasteiger partial charge in [0.05, 0.1) is 0 Å². The molecule has 1 saturated heterocycles. The van der Waals surface area contributed by atoms with Crippen molar-refractivity contribution in [3.8, 4) is 5.75 Å². The molecule has 118 valence electrons. The molecule has 1 aliphatic heterocycles. The quantitative estimate of drug-likeness (QED) is 0.767. The van der Waals surface area contributed by atoms with E-state index in [1.165, 1.54) is 44.7 Å². The van der Waals surface area contributed by atoms with Gasteiger partial charge >= 0.3 is 0 Å². The predicted octanol–water partition coefficient (Wildman–Crippen LogP) is 3.22. The average Bonchev–Trinajstić information content (AvgIpc) is 2.55. The number of rotatable bonds is 7. The van der Waals surface area contributed by atoms with Crippen LogP contribution in [0.5, 0.6) is 5.75 Å². The highest BCUT2D eigenvalue weighted by molar-refractivity contribution is 5.29. The Bertz CT molecular complexity index is 396. The summed E-state index contributed by atoms with van der Waals surface area (Å²) >= 11 is 0. The lowest BCUT2D eigenvalue weighted by Gasteiger charge is -2.33. The van der Waals surface area contributed by atoms with Gasteiger partial charge in [-0.2, -0.15) is 0 Å². The summed E-state index contributed by atoms with van der Waals surface area (Å²) in [6, 6.07) is 8.61. The molecule has 1 unspecified atom stereocenters. The van der Waals surface area contributed by atoms with Gasteiger partial charge in [0.25, 0.3) is 0 Å². The summed E-state index contributed by atoms with van der Waals surface area (Å²) in [7, 11) is 0. The molecule has 21 heavy (non-hydrogen) atoms. The van der Waals surface area contributed by atoms with Crippen molar-refractivity contribution < 1.29 is 4.74 Å². The van der Waals surface area contributed by atoms with Crippen LogP contribution in [0.4, 0.5) is 0 Å². The van der Waals surface area contributed by atoms with Crippen molar-refractivity contribution in [1.82, 2.24) is 9.80 Å². The normalized spacial score (nSPS) is 18.6. The highest BCUT2D eigenvalue weighted by Gasteiger charge is 2.14. The maximum absolute atomic E-state index is 5.88. The fourth-order valence-corrected chi connectivity index (χ4v) is 2.75. The van der Waals surface area contributed by atoms with E-state index in [-0.39, 0.29) is 0 Å². The van der Waals surface area contributed by atoms with Gasteiger partial charge in [-0.15, -0.1) is 0 Å². The maximum Gasteiger partial charge on any atom is 0.119 e. The van der Waals surface area contributed by atoms with Crippen molar-refractivity contribution in [2.75, 3.05) is 45.9 Å². The zero-order valence-corrected chi connectivity index (χ0v) is 13.8. The Morgan fingerprint density at radius 3 is 2.19 bits per heavy atom. The van der Waals surface area contributed by atoms with Gasteiger partial charge in [0.2, 0.25) is 0 Å². The molecule has 1 heterocycles. The molecule has 1 fully saturated rings. The highest BCUT2D eigenvalue weighted by Crippen LogP contribution is 2.21. The fourth-order valence-electron chi connectivity index (χ4n) is 2.75. The van der Waals surface area contributed by atoms with E-state index >= 15 is 0 Å². The molecule has 1 aromatic carbocycles. The Hall–Kier alpha value is -1.06. The minimum Gasteiger partial charge on any atom is -0.492 e. The number of nitrogens with zero attached hydrogens (tertiary/aromatic N) is 2.